The predicted octanol–water partition coefficient (Wildman–Crippen LogP) is 1.15. The lowest BCUT2D eigenvalue weighted by molar-refractivity contribution is 0.360. The van der Waals surface area contributed by atoms with Crippen molar-refractivity contribution >= 4 is 22.4 Å². The van der Waals surface area contributed by atoms with Crippen molar-refractivity contribution in [2.45, 2.75) is 11.8 Å². The van der Waals surface area contributed by atoms with Gasteiger partial charge in [-0.05, 0) is 30.7 Å². The molecule has 1 aliphatic heterocycles. The first-order valence-electron chi connectivity index (χ1n) is 5.49. The molecule has 1 fully saturated rings. The topological polar surface area (TPSA) is 49.4 Å². The van der Waals surface area contributed by atoms with Gasteiger partial charge in [-0.25, -0.2) is 12.8 Å². The number of hydrogen-bond donors (Lipinski definition) is 1. The van der Waals surface area contributed by atoms with E-state index >= 15 is 0 Å². The number of nitrogens with one attached hydrogen (secondary N) is 1. The Balaban J connectivity index is 0.00000162. The minimum Gasteiger partial charge on any atom is -0.314 e. The lowest BCUT2D eigenvalue weighted by atomic mass is 10.2. The molecule has 2 rings (SSSR count). The van der Waals surface area contributed by atoms with Crippen molar-refractivity contribution in [1.82, 2.24) is 9.62 Å². The number of halogens is 2. The van der Waals surface area contributed by atoms with Gasteiger partial charge in [-0.1, -0.05) is 0 Å². The van der Waals surface area contributed by atoms with Crippen LogP contribution in [0.25, 0.3) is 0 Å². The van der Waals surface area contributed by atoms with Gasteiger partial charge in [0.2, 0.25) is 10.0 Å². The Kier molecular flexibility index (Phi) is 5.10. The van der Waals surface area contributed by atoms with E-state index in [2.05, 4.69) is 5.32 Å². The second-order valence-electron chi connectivity index (χ2n) is 4.06. The summed E-state index contributed by atoms with van der Waals surface area (Å²) < 4.78 is 39.0. The molecule has 0 amide bonds. The van der Waals surface area contributed by atoms with E-state index in [0.717, 1.165) is 0 Å². The van der Waals surface area contributed by atoms with Gasteiger partial charge in [-0.3, -0.25) is 0 Å². The monoisotopic (exact) mass is 294 g/mol. The van der Waals surface area contributed by atoms with Crippen LogP contribution in [-0.4, -0.2) is 38.9 Å². The molecule has 0 bridgehead atoms. The molecule has 0 radical (unpaired) electrons. The number of nitrogens with zero attached hydrogens (tertiary/aromatic N) is 1. The van der Waals surface area contributed by atoms with Crippen molar-refractivity contribution in [3.63, 3.8) is 0 Å². The minimum atomic E-state index is -3.48. The molecule has 1 heterocycles. The molecule has 1 aliphatic rings. The summed E-state index contributed by atoms with van der Waals surface area (Å²) in [5.74, 6) is -0.415. The Morgan fingerprint density at radius 3 is 2.44 bits per heavy atom. The van der Waals surface area contributed by atoms with Gasteiger partial charge in [-0.2, -0.15) is 4.31 Å². The molecule has 0 aromatic heterocycles. The molecule has 1 saturated heterocycles. The van der Waals surface area contributed by atoms with Gasteiger partial charge in [0.15, 0.2) is 0 Å². The maximum Gasteiger partial charge on any atom is 0.243 e. The molecular weight excluding hydrogens is 279 g/mol. The molecule has 0 aliphatic carbocycles. The van der Waals surface area contributed by atoms with Crippen molar-refractivity contribution in [3.05, 3.63) is 29.6 Å². The molecule has 1 aromatic carbocycles. The average Bonchev–Trinajstić information content (AvgIpc) is 2.29. The lowest BCUT2D eigenvalue weighted by Gasteiger charge is -2.27. The van der Waals surface area contributed by atoms with Crippen LogP contribution in [0.2, 0.25) is 0 Å². The highest BCUT2D eigenvalue weighted by Gasteiger charge is 2.27. The zero-order chi connectivity index (χ0) is 12.5. The number of sulfonamides is 1. The van der Waals surface area contributed by atoms with E-state index in [9.17, 15) is 12.8 Å². The zero-order valence-electron chi connectivity index (χ0n) is 10.0. The van der Waals surface area contributed by atoms with Gasteiger partial charge in [0.25, 0.3) is 0 Å². The summed E-state index contributed by atoms with van der Waals surface area (Å²) in [6.45, 7) is 3.83. The Morgan fingerprint density at radius 2 is 1.89 bits per heavy atom. The highest BCUT2D eigenvalue weighted by molar-refractivity contribution is 7.89. The van der Waals surface area contributed by atoms with E-state index in [-0.39, 0.29) is 17.3 Å². The first-order valence-corrected chi connectivity index (χ1v) is 6.93. The maximum absolute atomic E-state index is 13.0. The van der Waals surface area contributed by atoms with Crippen LogP contribution >= 0.6 is 12.4 Å². The van der Waals surface area contributed by atoms with Crippen LogP contribution in [0.1, 0.15) is 5.56 Å². The van der Waals surface area contributed by atoms with Gasteiger partial charge < -0.3 is 5.32 Å². The molecule has 4 nitrogen and oxygen atoms in total. The number of aryl methyl sites for hydroxylation is 1. The maximum atomic E-state index is 13.0. The Bertz CT molecular complexity index is 516. The van der Waals surface area contributed by atoms with Crippen molar-refractivity contribution in [3.8, 4) is 0 Å². The summed E-state index contributed by atoms with van der Waals surface area (Å²) in [5, 5.41) is 3.10. The third-order valence-corrected chi connectivity index (χ3v) is 4.89. The fraction of sp³-hybridized carbons (Fsp3) is 0.455. The van der Waals surface area contributed by atoms with Gasteiger partial charge in [0, 0.05) is 26.2 Å². The summed E-state index contributed by atoms with van der Waals surface area (Å²) in [7, 11) is -3.48. The second-order valence-corrected chi connectivity index (χ2v) is 5.97. The SMILES string of the molecule is Cc1cc(F)ccc1S(=O)(=O)N1CCNCC1.Cl. The molecule has 0 atom stereocenters. The molecule has 0 saturated carbocycles. The quantitative estimate of drug-likeness (QED) is 0.890. The Labute approximate surface area is 113 Å². The van der Waals surface area contributed by atoms with Gasteiger partial charge in [0.1, 0.15) is 5.82 Å². The van der Waals surface area contributed by atoms with E-state index in [1.807, 2.05) is 0 Å². The zero-order valence-corrected chi connectivity index (χ0v) is 11.7. The van der Waals surface area contributed by atoms with Gasteiger partial charge in [0.05, 0.1) is 4.90 Å². The van der Waals surface area contributed by atoms with Crippen molar-refractivity contribution in [1.29, 1.82) is 0 Å². The molecule has 0 unspecified atom stereocenters. The summed E-state index contributed by atoms with van der Waals surface area (Å²) in [4.78, 5) is 0.195. The standard InChI is InChI=1S/C11H15FN2O2S.ClH/c1-9-8-10(12)2-3-11(9)17(15,16)14-6-4-13-5-7-14;/h2-3,8,13H,4-7H2,1H3;1H. The fourth-order valence-electron chi connectivity index (χ4n) is 1.93. The molecule has 18 heavy (non-hydrogen) atoms. The Hall–Kier alpha value is -0.690. The van der Waals surface area contributed by atoms with Crippen molar-refractivity contribution in [2.24, 2.45) is 0 Å². The number of hydrogen-bond acceptors (Lipinski definition) is 3. The summed E-state index contributed by atoms with van der Waals surface area (Å²) in [6.07, 6.45) is 0. The number of benzene rings is 1. The molecule has 102 valence electrons. The normalized spacial score (nSPS) is 17.2. The van der Waals surface area contributed by atoms with Gasteiger partial charge >= 0.3 is 0 Å². The van der Waals surface area contributed by atoms with E-state index in [1.54, 1.807) is 6.92 Å². The van der Waals surface area contributed by atoms with E-state index < -0.39 is 15.8 Å². The molecule has 1 aromatic rings. The smallest absolute Gasteiger partial charge is 0.243 e. The minimum absolute atomic E-state index is 0. The first-order chi connectivity index (χ1) is 8.01. The molecule has 7 heteroatoms. The lowest BCUT2D eigenvalue weighted by Crippen LogP contribution is -2.46. The van der Waals surface area contributed by atoms with Crippen LogP contribution in [0.5, 0.6) is 0 Å². The predicted molar refractivity (Wildman–Crippen MR) is 70.0 cm³/mol. The van der Waals surface area contributed by atoms with Gasteiger partial charge in [-0.15, -0.1) is 12.4 Å². The van der Waals surface area contributed by atoms with Crippen LogP contribution in [0.4, 0.5) is 4.39 Å². The molecule has 1 N–H and O–H groups in total. The second kappa shape index (κ2) is 5.97. The third-order valence-electron chi connectivity index (χ3n) is 2.83. The number of piperazine rings is 1. The van der Waals surface area contributed by atoms with E-state index in [4.69, 9.17) is 0 Å². The first kappa shape index (κ1) is 15.4. The third kappa shape index (κ3) is 3.00. The summed E-state index contributed by atoms with van der Waals surface area (Å²) >= 11 is 0. The molecule has 0 spiro atoms. The van der Waals surface area contributed by atoms with E-state index in [1.165, 1.54) is 22.5 Å². The van der Waals surface area contributed by atoms with E-state index in [0.29, 0.717) is 31.7 Å². The van der Waals surface area contributed by atoms with Crippen LogP contribution in [0, 0.1) is 12.7 Å². The highest BCUT2D eigenvalue weighted by Crippen LogP contribution is 2.20. The van der Waals surface area contributed by atoms with Crippen LogP contribution in [-0.2, 0) is 10.0 Å². The fourth-order valence-corrected chi connectivity index (χ4v) is 3.57. The van der Waals surface area contributed by atoms with Crippen molar-refractivity contribution in [2.75, 3.05) is 26.2 Å². The van der Waals surface area contributed by atoms with Crippen LogP contribution in [0.3, 0.4) is 0 Å². The summed E-state index contributed by atoms with van der Waals surface area (Å²) in [6, 6.07) is 3.76. The summed E-state index contributed by atoms with van der Waals surface area (Å²) in [5.41, 5.74) is 0.448. The molecular formula is C11H16ClFN2O2S. The number of rotatable bonds is 2. The highest BCUT2D eigenvalue weighted by atomic mass is 35.5. The van der Waals surface area contributed by atoms with Crippen LogP contribution in [0.15, 0.2) is 23.1 Å². The average molecular weight is 295 g/mol. The largest absolute Gasteiger partial charge is 0.314 e. The van der Waals surface area contributed by atoms with Crippen molar-refractivity contribution < 1.29 is 12.8 Å². The van der Waals surface area contributed by atoms with Crippen LogP contribution < -0.4 is 5.32 Å². The Morgan fingerprint density at radius 1 is 1.28 bits per heavy atom.